The number of aryl methyl sites for hydroxylation is 1. The number of halogens is 4. The van der Waals surface area contributed by atoms with Gasteiger partial charge in [-0.2, -0.15) is 23.7 Å². The number of aromatic nitrogens is 4. The summed E-state index contributed by atoms with van der Waals surface area (Å²) in [4.78, 5) is 12.4. The molecule has 1 amide bonds. The minimum atomic E-state index is -2.90. The van der Waals surface area contributed by atoms with Crippen molar-refractivity contribution in [3.05, 3.63) is 63.2 Å². The lowest BCUT2D eigenvalue weighted by Gasteiger charge is -2.09. The lowest BCUT2D eigenvalue weighted by Crippen LogP contribution is -2.19. The van der Waals surface area contributed by atoms with Crippen molar-refractivity contribution in [2.45, 2.75) is 26.9 Å². The van der Waals surface area contributed by atoms with Gasteiger partial charge in [0.25, 0.3) is 5.91 Å². The van der Waals surface area contributed by atoms with Crippen LogP contribution < -0.4 is 5.32 Å². The van der Waals surface area contributed by atoms with Gasteiger partial charge in [-0.15, -0.1) is 0 Å². The van der Waals surface area contributed by atoms with Crippen molar-refractivity contribution in [2.75, 3.05) is 5.32 Å². The Kier molecular flexibility index (Phi) is 5.48. The standard InChI is InChI=1S/C17H15Cl2F2N5O/c1-9-15(23-16(27)14-5-6-22-26(14)17(20)21)10(2)25(24-9)8-11-3-4-12(18)7-13(11)19/h3-7,17H,8H2,1-2H3,(H,23,27). The molecule has 142 valence electrons. The third-order valence-corrected chi connectivity index (χ3v) is 4.63. The normalized spacial score (nSPS) is 11.2. The average molecular weight is 414 g/mol. The fraction of sp³-hybridized carbons (Fsp3) is 0.235. The minimum Gasteiger partial charge on any atom is -0.317 e. The van der Waals surface area contributed by atoms with Gasteiger partial charge in [0.1, 0.15) is 5.69 Å². The second kappa shape index (κ2) is 7.66. The smallest absolute Gasteiger partial charge is 0.317 e. The molecular weight excluding hydrogens is 399 g/mol. The third kappa shape index (κ3) is 3.96. The quantitative estimate of drug-likeness (QED) is 0.659. The molecule has 6 nitrogen and oxygen atoms in total. The molecule has 3 aromatic rings. The van der Waals surface area contributed by atoms with Gasteiger partial charge in [-0.3, -0.25) is 9.48 Å². The van der Waals surface area contributed by atoms with E-state index in [1.807, 2.05) is 0 Å². The Morgan fingerprint density at radius 1 is 1.26 bits per heavy atom. The van der Waals surface area contributed by atoms with Crippen LogP contribution >= 0.6 is 23.2 Å². The Hall–Kier alpha value is -2.45. The Balaban J connectivity index is 1.85. The van der Waals surface area contributed by atoms with Gasteiger partial charge in [-0.1, -0.05) is 29.3 Å². The molecule has 0 aliphatic carbocycles. The van der Waals surface area contributed by atoms with Crippen molar-refractivity contribution < 1.29 is 13.6 Å². The maximum absolute atomic E-state index is 12.9. The molecule has 2 aromatic heterocycles. The molecular formula is C17H15Cl2F2N5O. The highest BCUT2D eigenvalue weighted by atomic mass is 35.5. The SMILES string of the molecule is Cc1nn(Cc2ccc(Cl)cc2Cl)c(C)c1NC(=O)c1ccnn1C(F)F. The van der Waals surface area contributed by atoms with Gasteiger partial charge in [0.05, 0.1) is 23.6 Å². The van der Waals surface area contributed by atoms with E-state index in [1.54, 1.807) is 36.7 Å². The lowest BCUT2D eigenvalue weighted by molar-refractivity contribution is 0.0520. The van der Waals surface area contributed by atoms with E-state index in [0.717, 1.165) is 11.8 Å². The molecule has 0 atom stereocenters. The van der Waals surface area contributed by atoms with Gasteiger partial charge in [-0.25, -0.2) is 0 Å². The van der Waals surface area contributed by atoms with Crippen LogP contribution in [0.5, 0.6) is 0 Å². The van der Waals surface area contributed by atoms with Crippen molar-refractivity contribution in [2.24, 2.45) is 0 Å². The first kappa shape index (κ1) is 19.3. The highest BCUT2D eigenvalue weighted by Crippen LogP contribution is 2.25. The van der Waals surface area contributed by atoms with Crippen molar-refractivity contribution in [3.8, 4) is 0 Å². The number of benzene rings is 1. The molecule has 0 aliphatic heterocycles. The molecule has 0 fully saturated rings. The summed E-state index contributed by atoms with van der Waals surface area (Å²) in [5.74, 6) is -0.692. The maximum Gasteiger partial charge on any atom is 0.333 e. The molecule has 27 heavy (non-hydrogen) atoms. The van der Waals surface area contributed by atoms with Crippen LogP contribution in [0.3, 0.4) is 0 Å². The predicted molar refractivity (Wildman–Crippen MR) is 98.7 cm³/mol. The Morgan fingerprint density at radius 2 is 2.00 bits per heavy atom. The molecule has 10 heteroatoms. The monoisotopic (exact) mass is 413 g/mol. The highest BCUT2D eigenvalue weighted by molar-refractivity contribution is 6.35. The van der Waals surface area contributed by atoms with Crippen LogP contribution in [0.15, 0.2) is 30.5 Å². The van der Waals surface area contributed by atoms with E-state index in [-0.39, 0.29) is 5.69 Å². The molecule has 3 rings (SSSR count). The highest BCUT2D eigenvalue weighted by Gasteiger charge is 2.21. The van der Waals surface area contributed by atoms with Gasteiger partial charge in [0.2, 0.25) is 0 Å². The number of alkyl halides is 2. The summed E-state index contributed by atoms with van der Waals surface area (Å²) in [6.07, 6.45) is 1.15. The Morgan fingerprint density at radius 3 is 2.67 bits per heavy atom. The van der Waals surface area contributed by atoms with E-state index in [1.165, 1.54) is 6.07 Å². The molecule has 0 saturated carbocycles. The second-order valence-electron chi connectivity index (χ2n) is 5.83. The molecule has 0 bridgehead atoms. The van der Waals surface area contributed by atoms with Gasteiger partial charge in [-0.05, 0) is 37.6 Å². The van der Waals surface area contributed by atoms with Crippen molar-refractivity contribution >= 4 is 34.8 Å². The number of anilines is 1. The number of rotatable bonds is 5. The van der Waals surface area contributed by atoms with E-state index in [2.05, 4.69) is 15.5 Å². The van der Waals surface area contributed by atoms with Crippen LogP contribution in [0, 0.1) is 13.8 Å². The first-order chi connectivity index (χ1) is 12.8. The van der Waals surface area contributed by atoms with Crippen molar-refractivity contribution in [1.29, 1.82) is 0 Å². The van der Waals surface area contributed by atoms with E-state index < -0.39 is 12.5 Å². The van der Waals surface area contributed by atoms with Crippen LogP contribution in [0.25, 0.3) is 0 Å². The zero-order valence-electron chi connectivity index (χ0n) is 14.4. The largest absolute Gasteiger partial charge is 0.333 e. The molecule has 0 radical (unpaired) electrons. The zero-order chi connectivity index (χ0) is 19.7. The molecule has 0 aliphatic rings. The number of hydrogen-bond acceptors (Lipinski definition) is 3. The van der Waals surface area contributed by atoms with Crippen LogP contribution in [-0.2, 0) is 6.54 Å². The maximum atomic E-state index is 12.9. The first-order valence-electron chi connectivity index (χ1n) is 7.89. The molecule has 1 aromatic carbocycles. The summed E-state index contributed by atoms with van der Waals surface area (Å²) < 4.78 is 27.9. The van der Waals surface area contributed by atoms with Crippen LogP contribution in [0.2, 0.25) is 10.0 Å². The number of nitrogens with zero attached hydrogens (tertiary/aromatic N) is 4. The summed E-state index contributed by atoms with van der Waals surface area (Å²) in [5.41, 5.74) is 2.23. The molecule has 1 N–H and O–H groups in total. The van der Waals surface area contributed by atoms with Crippen LogP contribution in [0.4, 0.5) is 14.5 Å². The summed E-state index contributed by atoms with van der Waals surface area (Å²) in [6.45, 7) is 0.947. The lowest BCUT2D eigenvalue weighted by atomic mass is 10.2. The minimum absolute atomic E-state index is 0.239. The topological polar surface area (TPSA) is 64.7 Å². The summed E-state index contributed by atoms with van der Waals surface area (Å²) in [7, 11) is 0. The number of amides is 1. The van der Waals surface area contributed by atoms with Gasteiger partial charge >= 0.3 is 6.55 Å². The summed E-state index contributed by atoms with van der Waals surface area (Å²) in [5, 5.41) is 11.5. The number of carbonyl (C=O) groups excluding carboxylic acids is 1. The third-order valence-electron chi connectivity index (χ3n) is 4.04. The van der Waals surface area contributed by atoms with Gasteiger partial charge in [0, 0.05) is 16.2 Å². The average Bonchev–Trinajstić information content (AvgIpc) is 3.18. The van der Waals surface area contributed by atoms with Crippen molar-refractivity contribution in [3.63, 3.8) is 0 Å². The summed E-state index contributed by atoms with van der Waals surface area (Å²) >= 11 is 12.1. The van der Waals surface area contributed by atoms with Gasteiger partial charge in [0.15, 0.2) is 0 Å². The second-order valence-corrected chi connectivity index (χ2v) is 6.68. The molecule has 2 heterocycles. The Bertz CT molecular complexity index is 999. The van der Waals surface area contributed by atoms with Gasteiger partial charge < -0.3 is 5.32 Å². The predicted octanol–water partition coefficient (Wildman–Crippen LogP) is 4.70. The summed E-state index contributed by atoms with van der Waals surface area (Å²) in [6, 6.07) is 6.38. The van der Waals surface area contributed by atoms with Crippen LogP contribution in [-0.4, -0.2) is 25.5 Å². The van der Waals surface area contributed by atoms with E-state index in [4.69, 9.17) is 23.2 Å². The van der Waals surface area contributed by atoms with E-state index in [0.29, 0.717) is 38.3 Å². The number of carbonyl (C=O) groups is 1. The Labute approximate surface area is 163 Å². The molecule has 0 unspecified atom stereocenters. The van der Waals surface area contributed by atoms with Crippen molar-refractivity contribution in [1.82, 2.24) is 19.6 Å². The van der Waals surface area contributed by atoms with Crippen LogP contribution in [0.1, 0.15) is 34.0 Å². The number of hydrogen-bond donors (Lipinski definition) is 1. The molecule has 0 spiro atoms. The fourth-order valence-corrected chi connectivity index (χ4v) is 3.14. The van der Waals surface area contributed by atoms with E-state index >= 15 is 0 Å². The number of nitrogens with one attached hydrogen (secondary N) is 1. The zero-order valence-corrected chi connectivity index (χ0v) is 15.9. The molecule has 0 saturated heterocycles. The van der Waals surface area contributed by atoms with E-state index in [9.17, 15) is 13.6 Å². The fourth-order valence-electron chi connectivity index (χ4n) is 2.67. The first-order valence-corrected chi connectivity index (χ1v) is 8.64.